The molecule has 352 valence electrons. The Morgan fingerprint density at radius 2 is 0.635 bits per heavy atom. The Kier molecular flexibility index (Phi) is 11.3. The second kappa shape index (κ2) is 18.8. The molecular weight excluding hydrogens is 897 g/mol. The Morgan fingerprint density at radius 1 is 0.243 bits per heavy atom. The van der Waals surface area contributed by atoms with Crippen LogP contribution >= 0.6 is 0 Å². The van der Waals surface area contributed by atoms with Gasteiger partial charge < -0.3 is 18.9 Å². The van der Waals surface area contributed by atoms with Gasteiger partial charge in [0.05, 0.1) is 22.1 Å². The number of hydrogen-bond acceptors (Lipinski definition) is 2. The summed E-state index contributed by atoms with van der Waals surface area (Å²) in [6.45, 7) is 0. The molecule has 0 saturated heterocycles. The van der Waals surface area contributed by atoms with Crippen molar-refractivity contribution in [2.45, 2.75) is 0 Å². The molecule has 4 heteroatoms. The van der Waals surface area contributed by atoms with Crippen LogP contribution in [0.5, 0.6) is 0 Å². The second-order valence-electron chi connectivity index (χ2n) is 19.1. The molecule has 0 aliphatic rings. The molecule has 0 aliphatic carbocycles. The molecule has 0 fully saturated rings. The number of para-hydroxylation sites is 4. The molecule has 74 heavy (non-hydrogen) atoms. The van der Waals surface area contributed by atoms with E-state index in [2.05, 4.69) is 312 Å². The zero-order valence-corrected chi connectivity index (χ0v) is 41.3. The molecule has 0 atom stereocenters. The molecule has 0 N–H and O–H groups in total. The number of fused-ring (bicyclic) bond motifs is 8. The van der Waals surface area contributed by atoms with Gasteiger partial charge in [-0.25, -0.2) is 0 Å². The Labute approximate surface area is 431 Å². The summed E-state index contributed by atoms with van der Waals surface area (Å²) in [6, 6.07) is 100. The number of anilines is 4. The van der Waals surface area contributed by atoms with Crippen LogP contribution in [0.2, 0.25) is 0 Å². The summed E-state index contributed by atoms with van der Waals surface area (Å²) < 4.78 is 4.75. The zero-order chi connectivity index (χ0) is 49.5. The number of hydrogen-bond donors (Lipinski definition) is 0. The molecule has 4 nitrogen and oxygen atoms in total. The highest BCUT2D eigenvalue weighted by Gasteiger charge is 2.18. The van der Waals surface area contributed by atoms with Crippen molar-refractivity contribution in [3.8, 4) is 33.6 Å². The number of benzene rings is 12. The summed E-state index contributed by atoms with van der Waals surface area (Å²) in [4.78, 5) is 4.50. The van der Waals surface area contributed by atoms with Crippen LogP contribution < -0.4 is 9.80 Å². The zero-order valence-electron chi connectivity index (χ0n) is 41.3. The Balaban J connectivity index is 0.000000143. The normalized spacial score (nSPS) is 11.4. The summed E-state index contributed by atoms with van der Waals surface area (Å²) in [6.07, 6.45) is 0. The number of nitrogens with zero attached hydrogens (tertiary/aromatic N) is 4. The van der Waals surface area contributed by atoms with E-state index >= 15 is 0 Å². The predicted octanol–water partition coefficient (Wildman–Crippen LogP) is 18.7. The lowest BCUT2D eigenvalue weighted by Crippen LogP contribution is -2.08. The van der Waals surface area contributed by atoms with Crippen LogP contribution in [0.3, 0.4) is 0 Å². The van der Waals surface area contributed by atoms with Gasteiger partial charge in [-0.2, -0.15) is 0 Å². The molecule has 12 aromatic carbocycles. The van der Waals surface area contributed by atoms with Crippen molar-refractivity contribution in [1.29, 1.82) is 0 Å². The van der Waals surface area contributed by atoms with E-state index < -0.39 is 0 Å². The van der Waals surface area contributed by atoms with Gasteiger partial charge in [-0.15, -0.1) is 0 Å². The maximum Gasteiger partial charge on any atom is 0.0542 e. The Hall–Kier alpha value is -9.64. The summed E-state index contributed by atoms with van der Waals surface area (Å²) in [5, 5.41) is 10.1. The van der Waals surface area contributed by atoms with Crippen LogP contribution in [-0.4, -0.2) is 23.2 Å². The molecule has 0 radical (unpaired) electrons. The molecule has 0 amide bonds. The van der Waals surface area contributed by atoms with Crippen LogP contribution in [0.25, 0.3) is 98.8 Å². The summed E-state index contributed by atoms with van der Waals surface area (Å²) in [5.74, 6) is 0. The summed E-state index contributed by atoms with van der Waals surface area (Å²) >= 11 is 0. The fourth-order valence-corrected chi connectivity index (χ4v) is 10.9. The number of aromatic nitrogens is 2. The molecule has 0 bridgehead atoms. The van der Waals surface area contributed by atoms with Gasteiger partial charge in [0.15, 0.2) is 0 Å². The van der Waals surface area contributed by atoms with Crippen molar-refractivity contribution in [3.63, 3.8) is 0 Å². The largest absolute Gasteiger partial charge is 0.345 e. The maximum atomic E-state index is 2.38. The Bertz CT molecular complexity index is 4320. The molecule has 2 heterocycles. The minimum atomic E-state index is 1.17. The average molecular weight is 949 g/mol. The first-order valence-corrected chi connectivity index (χ1v) is 25.4. The van der Waals surface area contributed by atoms with E-state index in [1.165, 1.54) is 122 Å². The van der Waals surface area contributed by atoms with Crippen LogP contribution in [0.1, 0.15) is 0 Å². The first-order valence-electron chi connectivity index (χ1n) is 25.4. The molecular formula is C70H52N4. The van der Waals surface area contributed by atoms with E-state index in [1.54, 1.807) is 0 Å². The van der Waals surface area contributed by atoms with Gasteiger partial charge in [0, 0.05) is 69.8 Å². The van der Waals surface area contributed by atoms with Crippen molar-refractivity contribution in [2.24, 2.45) is 0 Å². The van der Waals surface area contributed by atoms with Gasteiger partial charge in [0.1, 0.15) is 0 Å². The van der Waals surface area contributed by atoms with Crippen molar-refractivity contribution in [1.82, 2.24) is 9.13 Å². The van der Waals surface area contributed by atoms with Gasteiger partial charge in [-0.3, -0.25) is 0 Å². The fourth-order valence-electron chi connectivity index (χ4n) is 10.9. The van der Waals surface area contributed by atoms with Crippen molar-refractivity contribution in [3.05, 3.63) is 279 Å². The lowest BCUT2D eigenvalue weighted by Gasteiger charge is -2.19. The third-order valence-corrected chi connectivity index (χ3v) is 14.8. The lowest BCUT2D eigenvalue weighted by atomic mass is 9.97. The van der Waals surface area contributed by atoms with Crippen molar-refractivity contribution >= 4 is 87.9 Å². The Morgan fingerprint density at radius 3 is 1.19 bits per heavy atom. The first-order chi connectivity index (χ1) is 36.5. The highest BCUT2D eigenvalue weighted by atomic mass is 15.1. The van der Waals surface area contributed by atoms with Gasteiger partial charge >= 0.3 is 0 Å². The second-order valence-corrected chi connectivity index (χ2v) is 19.1. The molecule has 0 unspecified atom stereocenters. The van der Waals surface area contributed by atoms with Crippen molar-refractivity contribution < 1.29 is 0 Å². The quantitative estimate of drug-likeness (QED) is 0.151. The van der Waals surface area contributed by atoms with E-state index in [0.717, 1.165) is 0 Å². The molecule has 14 aromatic rings. The van der Waals surface area contributed by atoms with E-state index in [-0.39, 0.29) is 0 Å². The third-order valence-electron chi connectivity index (χ3n) is 14.8. The topological polar surface area (TPSA) is 16.3 Å². The van der Waals surface area contributed by atoms with Crippen LogP contribution in [0.15, 0.2) is 279 Å². The smallest absolute Gasteiger partial charge is 0.0542 e. The predicted molar refractivity (Wildman–Crippen MR) is 316 cm³/mol. The SMILES string of the molecule is CN(c1ccccc1)c1ccc2c(c1)c1cc(-c3ccc4ccccc4c3)ccc1n2-c1ccccc1.CN(c1ccccc1)c1ccc2c(c1)c1cc(-c3cccc4ccccc34)ccc1n2-c1ccccc1. The average Bonchev–Trinajstić information content (AvgIpc) is 4.00. The number of rotatable bonds is 8. The summed E-state index contributed by atoms with van der Waals surface area (Å²) in [7, 11) is 4.27. The maximum absolute atomic E-state index is 2.38. The van der Waals surface area contributed by atoms with E-state index in [1.807, 2.05) is 0 Å². The summed E-state index contributed by atoms with van der Waals surface area (Å²) in [5.41, 5.74) is 16.8. The third kappa shape index (κ3) is 8.00. The minimum absolute atomic E-state index is 1.17. The highest BCUT2D eigenvalue weighted by molar-refractivity contribution is 6.13. The van der Waals surface area contributed by atoms with E-state index in [4.69, 9.17) is 0 Å². The molecule has 0 spiro atoms. The monoisotopic (exact) mass is 948 g/mol. The molecule has 2 aromatic heterocycles. The first kappa shape index (κ1) is 44.3. The fraction of sp³-hybridized carbons (Fsp3) is 0.0286. The highest BCUT2D eigenvalue weighted by Crippen LogP contribution is 2.41. The van der Waals surface area contributed by atoms with Gasteiger partial charge in [-0.05, 0) is 159 Å². The van der Waals surface area contributed by atoms with Gasteiger partial charge in [0.25, 0.3) is 0 Å². The lowest BCUT2D eigenvalue weighted by molar-refractivity contribution is 1.17. The molecule has 14 rings (SSSR count). The van der Waals surface area contributed by atoms with E-state index in [9.17, 15) is 0 Å². The van der Waals surface area contributed by atoms with Crippen LogP contribution in [-0.2, 0) is 0 Å². The standard InChI is InChI=1S/2C35H26N2/c1-36(27-13-4-2-5-14-27)29-20-22-35-33(24-29)32-23-26(31-18-10-12-25-11-8-9-17-30(25)31)19-21-34(32)37(35)28-15-6-3-7-16-28;1-36(29-12-4-2-5-13-29)31-19-21-35-33(24-31)32-23-28(27-17-16-25-10-8-9-11-26(25)22-27)18-20-34(32)37(35)30-14-6-3-7-15-30/h2*2-24H,1H3. The molecule has 0 aliphatic heterocycles. The van der Waals surface area contributed by atoms with Gasteiger partial charge in [0.2, 0.25) is 0 Å². The minimum Gasteiger partial charge on any atom is -0.345 e. The van der Waals surface area contributed by atoms with Gasteiger partial charge in [-0.1, -0.05) is 164 Å². The van der Waals surface area contributed by atoms with Crippen LogP contribution in [0.4, 0.5) is 22.7 Å². The van der Waals surface area contributed by atoms with Crippen molar-refractivity contribution in [2.75, 3.05) is 23.9 Å². The molecule has 0 saturated carbocycles. The van der Waals surface area contributed by atoms with Crippen LogP contribution in [0, 0.1) is 0 Å². The van der Waals surface area contributed by atoms with E-state index in [0.29, 0.717) is 0 Å².